The minimum absolute atomic E-state index is 0.0371. The van der Waals surface area contributed by atoms with Crippen LogP contribution >= 0.6 is 15.9 Å². The molecule has 0 spiro atoms. The van der Waals surface area contributed by atoms with Gasteiger partial charge in [0.15, 0.2) is 0 Å². The molecular formula is C22H30BrF2N3. The molecule has 0 radical (unpaired) electrons. The lowest BCUT2D eigenvalue weighted by Crippen LogP contribution is -2.40. The second-order valence-electron chi connectivity index (χ2n) is 8.50. The van der Waals surface area contributed by atoms with Gasteiger partial charge in [-0.2, -0.15) is 0 Å². The highest BCUT2D eigenvalue weighted by molar-refractivity contribution is 9.10. The van der Waals surface area contributed by atoms with Crippen LogP contribution in [0.1, 0.15) is 44.1 Å². The van der Waals surface area contributed by atoms with E-state index < -0.39 is 5.92 Å². The van der Waals surface area contributed by atoms with Crippen LogP contribution in [-0.4, -0.2) is 36.2 Å². The highest BCUT2D eigenvalue weighted by Crippen LogP contribution is 2.37. The summed E-state index contributed by atoms with van der Waals surface area (Å²) in [5.74, 6) is -2.11. The molecule has 0 unspecified atom stereocenters. The lowest BCUT2D eigenvalue weighted by Gasteiger charge is -2.28. The summed E-state index contributed by atoms with van der Waals surface area (Å²) in [6, 6.07) is 7.04. The topological polar surface area (TPSA) is 29.0 Å². The van der Waals surface area contributed by atoms with Crippen LogP contribution < -0.4 is 10.6 Å². The van der Waals surface area contributed by atoms with Crippen LogP contribution in [0.3, 0.4) is 0 Å². The largest absolute Gasteiger partial charge is 0.347 e. The monoisotopic (exact) mass is 453 g/mol. The molecule has 0 bridgehead atoms. The Bertz CT molecular complexity index is 788. The van der Waals surface area contributed by atoms with Gasteiger partial charge >= 0.3 is 0 Å². The first-order valence-corrected chi connectivity index (χ1v) is 11.4. The normalized spacial score (nSPS) is 21.4. The third-order valence-electron chi connectivity index (χ3n) is 6.38. The maximum atomic E-state index is 13.5. The summed E-state index contributed by atoms with van der Waals surface area (Å²) in [7, 11) is 0. The van der Waals surface area contributed by atoms with Gasteiger partial charge in [0.1, 0.15) is 0 Å². The van der Waals surface area contributed by atoms with E-state index in [0.717, 1.165) is 37.1 Å². The first-order valence-electron chi connectivity index (χ1n) is 10.6. The minimum Gasteiger partial charge on any atom is -0.347 e. The Kier molecular flexibility index (Phi) is 6.38. The quantitative estimate of drug-likeness (QED) is 0.635. The molecule has 2 N–H and O–H groups in total. The number of piperidine rings is 1. The molecular weight excluding hydrogens is 424 g/mol. The maximum Gasteiger partial charge on any atom is 0.248 e. The molecule has 4 rings (SSSR count). The zero-order chi connectivity index (χ0) is 19.6. The summed E-state index contributed by atoms with van der Waals surface area (Å²) >= 11 is 3.60. The molecule has 2 fully saturated rings. The van der Waals surface area contributed by atoms with Crippen molar-refractivity contribution in [3.05, 3.63) is 34.4 Å². The number of fused-ring (bicyclic) bond motifs is 1. The van der Waals surface area contributed by atoms with Crippen molar-refractivity contribution in [3.63, 3.8) is 0 Å². The minimum atomic E-state index is -2.45. The SMILES string of the molecule is FC1(F)CCC(Cn2cc(CCNC3CCNCC3)c3cc(Br)ccc32)CC1. The zero-order valence-electron chi connectivity index (χ0n) is 16.3. The van der Waals surface area contributed by atoms with Gasteiger partial charge in [-0.25, -0.2) is 8.78 Å². The molecule has 0 atom stereocenters. The van der Waals surface area contributed by atoms with Crippen molar-refractivity contribution >= 4 is 26.8 Å². The molecule has 2 aromatic rings. The van der Waals surface area contributed by atoms with Crippen molar-refractivity contribution in [2.45, 2.75) is 63.5 Å². The van der Waals surface area contributed by atoms with Crippen LogP contribution in [-0.2, 0) is 13.0 Å². The number of hydrogen-bond donors (Lipinski definition) is 2. The standard InChI is InChI=1S/C22H30BrF2N3/c23-18-1-2-21-20(13-18)17(5-12-27-19-6-10-26-11-7-19)15-28(21)14-16-3-8-22(24,25)9-4-16/h1-2,13,15-16,19,26-27H,3-12,14H2. The van der Waals surface area contributed by atoms with Gasteiger partial charge in [-0.05, 0) is 81.4 Å². The van der Waals surface area contributed by atoms with Crippen LogP contribution in [0, 0.1) is 5.92 Å². The Morgan fingerprint density at radius 2 is 1.89 bits per heavy atom. The predicted octanol–water partition coefficient (Wildman–Crippen LogP) is 5.11. The number of alkyl halides is 2. The fraction of sp³-hybridized carbons (Fsp3) is 0.636. The number of nitrogens with one attached hydrogen (secondary N) is 2. The van der Waals surface area contributed by atoms with Crippen molar-refractivity contribution in [3.8, 4) is 0 Å². The van der Waals surface area contributed by atoms with Gasteiger partial charge in [0.25, 0.3) is 0 Å². The highest BCUT2D eigenvalue weighted by atomic mass is 79.9. The van der Waals surface area contributed by atoms with Crippen molar-refractivity contribution in [1.82, 2.24) is 15.2 Å². The smallest absolute Gasteiger partial charge is 0.248 e. The number of aromatic nitrogens is 1. The molecule has 1 aromatic carbocycles. The number of halogens is 3. The highest BCUT2D eigenvalue weighted by Gasteiger charge is 2.35. The van der Waals surface area contributed by atoms with E-state index in [2.05, 4.69) is 55.5 Å². The van der Waals surface area contributed by atoms with Crippen molar-refractivity contribution in [1.29, 1.82) is 0 Å². The Labute approximate surface area is 174 Å². The summed E-state index contributed by atoms with van der Waals surface area (Å²) in [6.45, 7) is 4.02. The van der Waals surface area contributed by atoms with Gasteiger partial charge in [-0.3, -0.25) is 0 Å². The molecule has 1 aliphatic heterocycles. The van der Waals surface area contributed by atoms with E-state index in [1.165, 1.54) is 29.3 Å². The van der Waals surface area contributed by atoms with E-state index in [-0.39, 0.29) is 12.8 Å². The van der Waals surface area contributed by atoms with Crippen LogP contribution in [0.25, 0.3) is 10.9 Å². The number of hydrogen-bond acceptors (Lipinski definition) is 2. The van der Waals surface area contributed by atoms with Gasteiger partial charge in [0, 0.05) is 47.0 Å². The second-order valence-corrected chi connectivity index (χ2v) is 9.41. The average molecular weight is 454 g/mol. The Morgan fingerprint density at radius 3 is 2.64 bits per heavy atom. The molecule has 1 aliphatic carbocycles. The lowest BCUT2D eigenvalue weighted by molar-refractivity contribution is -0.0472. The summed E-state index contributed by atoms with van der Waals surface area (Å²) in [4.78, 5) is 0. The molecule has 28 heavy (non-hydrogen) atoms. The average Bonchev–Trinajstić information content (AvgIpc) is 3.01. The summed E-state index contributed by atoms with van der Waals surface area (Å²) < 4.78 is 30.4. The van der Waals surface area contributed by atoms with Gasteiger partial charge in [-0.15, -0.1) is 0 Å². The number of benzene rings is 1. The fourth-order valence-electron chi connectivity index (χ4n) is 4.69. The van der Waals surface area contributed by atoms with Gasteiger partial charge in [0.2, 0.25) is 5.92 Å². The molecule has 1 aromatic heterocycles. The van der Waals surface area contributed by atoms with E-state index in [1.54, 1.807) is 0 Å². The molecule has 154 valence electrons. The summed E-state index contributed by atoms with van der Waals surface area (Å²) in [6.07, 6.45) is 6.95. The second kappa shape index (κ2) is 8.80. The summed E-state index contributed by atoms with van der Waals surface area (Å²) in [5.41, 5.74) is 2.57. The van der Waals surface area contributed by atoms with Crippen LogP contribution in [0.15, 0.2) is 28.9 Å². The Hall–Kier alpha value is -0.980. The first kappa shape index (κ1) is 20.3. The number of rotatable bonds is 6. The fourth-order valence-corrected chi connectivity index (χ4v) is 5.05. The van der Waals surface area contributed by atoms with Gasteiger partial charge in [0.05, 0.1) is 0 Å². The van der Waals surface area contributed by atoms with Crippen LogP contribution in [0.5, 0.6) is 0 Å². The Morgan fingerprint density at radius 1 is 1.14 bits per heavy atom. The van der Waals surface area contributed by atoms with E-state index in [1.807, 2.05) is 0 Å². The van der Waals surface area contributed by atoms with E-state index in [0.29, 0.717) is 24.8 Å². The molecule has 3 nitrogen and oxygen atoms in total. The van der Waals surface area contributed by atoms with Crippen molar-refractivity contribution in [2.75, 3.05) is 19.6 Å². The molecule has 1 saturated heterocycles. The molecule has 2 aliphatic rings. The van der Waals surface area contributed by atoms with E-state index in [9.17, 15) is 8.78 Å². The molecule has 2 heterocycles. The molecule has 1 saturated carbocycles. The Balaban J connectivity index is 1.45. The zero-order valence-corrected chi connectivity index (χ0v) is 17.9. The first-order chi connectivity index (χ1) is 13.5. The number of nitrogens with zero attached hydrogens (tertiary/aromatic N) is 1. The predicted molar refractivity (Wildman–Crippen MR) is 114 cm³/mol. The van der Waals surface area contributed by atoms with E-state index in [4.69, 9.17) is 0 Å². The van der Waals surface area contributed by atoms with Crippen LogP contribution in [0.4, 0.5) is 8.78 Å². The van der Waals surface area contributed by atoms with Gasteiger partial charge in [-0.1, -0.05) is 15.9 Å². The maximum absolute atomic E-state index is 13.5. The lowest BCUT2D eigenvalue weighted by atomic mass is 9.87. The van der Waals surface area contributed by atoms with E-state index >= 15 is 0 Å². The third-order valence-corrected chi connectivity index (χ3v) is 6.88. The molecule has 6 heteroatoms. The van der Waals surface area contributed by atoms with Gasteiger partial charge < -0.3 is 15.2 Å². The third kappa shape index (κ3) is 4.95. The van der Waals surface area contributed by atoms with Crippen molar-refractivity contribution in [2.24, 2.45) is 5.92 Å². The van der Waals surface area contributed by atoms with Crippen molar-refractivity contribution < 1.29 is 8.78 Å². The summed E-state index contributed by atoms with van der Waals surface area (Å²) in [5, 5.41) is 8.39. The van der Waals surface area contributed by atoms with Crippen LogP contribution in [0.2, 0.25) is 0 Å². The molecule has 0 amide bonds.